The average molecular weight is 498 g/mol. The van der Waals surface area contributed by atoms with Gasteiger partial charge in [0.1, 0.15) is 11.4 Å². The fourth-order valence-electron chi connectivity index (χ4n) is 4.43. The first-order chi connectivity index (χ1) is 17.0. The van der Waals surface area contributed by atoms with E-state index >= 15 is 0 Å². The van der Waals surface area contributed by atoms with Gasteiger partial charge in [-0.1, -0.05) is 12.1 Å². The normalized spacial score (nSPS) is 18.2. The lowest BCUT2D eigenvalue weighted by atomic mass is 9.96. The van der Waals surface area contributed by atoms with Gasteiger partial charge in [0.25, 0.3) is 5.91 Å². The number of aryl methyl sites for hydroxylation is 1. The van der Waals surface area contributed by atoms with Crippen molar-refractivity contribution >= 4 is 12.0 Å². The van der Waals surface area contributed by atoms with E-state index in [1.165, 1.54) is 17.9 Å². The number of carbonyl (C=O) groups excluding carboxylic acids is 1. The third-order valence-corrected chi connectivity index (χ3v) is 5.98. The minimum Gasteiger partial charge on any atom is -0.495 e. The summed E-state index contributed by atoms with van der Waals surface area (Å²) in [5.41, 5.74) is 1.79. The van der Waals surface area contributed by atoms with E-state index in [1.807, 2.05) is 43.7 Å². The smallest absolute Gasteiger partial charge is 0.289 e. The Bertz CT molecular complexity index is 1320. The highest BCUT2D eigenvalue weighted by atomic mass is 19.2. The number of aliphatic hydroxyl groups excluding tert-OH is 1. The van der Waals surface area contributed by atoms with E-state index in [0.717, 1.165) is 23.5 Å². The van der Waals surface area contributed by atoms with Crippen molar-refractivity contribution in [2.45, 2.75) is 45.4 Å². The molecule has 2 heterocycles. The third kappa shape index (κ3) is 5.11. The molecule has 2 aromatic carbocycles. The molecule has 3 aromatic rings. The average Bonchev–Trinajstić information content (AvgIpc) is 3.24. The number of amides is 1. The van der Waals surface area contributed by atoms with Crippen LogP contribution in [0.4, 0.5) is 8.78 Å². The lowest BCUT2D eigenvalue weighted by molar-refractivity contribution is -0.153. The van der Waals surface area contributed by atoms with Crippen LogP contribution in [0.1, 0.15) is 43.6 Å². The van der Waals surface area contributed by atoms with E-state index in [4.69, 9.17) is 9.47 Å². The number of methoxy groups -OCH3 is 1. The van der Waals surface area contributed by atoms with E-state index < -0.39 is 35.3 Å². The number of nitrogens with zero attached hydrogens (tertiary/aromatic N) is 3. The van der Waals surface area contributed by atoms with Gasteiger partial charge in [0.2, 0.25) is 0 Å². The Morgan fingerprint density at radius 3 is 2.56 bits per heavy atom. The van der Waals surface area contributed by atoms with Crippen molar-refractivity contribution in [2.75, 3.05) is 13.7 Å². The number of hydrogen-bond donors (Lipinski definition) is 1. The highest BCUT2D eigenvalue weighted by Crippen LogP contribution is 2.35. The number of halogens is 2. The molecule has 4 rings (SSSR count). The zero-order chi connectivity index (χ0) is 26.2. The molecule has 0 unspecified atom stereocenters. The number of rotatable bonds is 6. The first-order valence-corrected chi connectivity index (χ1v) is 11.5. The first kappa shape index (κ1) is 25.4. The second-order valence-corrected chi connectivity index (χ2v) is 9.52. The molecule has 190 valence electrons. The van der Waals surface area contributed by atoms with Crippen LogP contribution in [0.2, 0.25) is 0 Å². The monoisotopic (exact) mass is 497 g/mol. The summed E-state index contributed by atoms with van der Waals surface area (Å²) in [6, 6.07) is 7.92. The molecule has 2 atom stereocenters. The fraction of sp³-hybridized carbons (Fsp3) is 0.333. The summed E-state index contributed by atoms with van der Waals surface area (Å²) in [4.78, 5) is 19.2. The Labute approximate surface area is 208 Å². The Kier molecular flexibility index (Phi) is 6.86. The van der Waals surface area contributed by atoms with Gasteiger partial charge >= 0.3 is 0 Å². The van der Waals surface area contributed by atoms with Crippen molar-refractivity contribution in [3.05, 3.63) is 83.1 Å². The molecule has 1 aliphatic heterocycles. The SMILES string of the molecule is COc1cc(C=C2OC(C)(C)CN([C@H](c3ccc(F)c(F)c3)[C@@H](C)O)C2=O)ccc1-n1cnc(C)c1. The van der Waals surface area contributed by atoms with E-state index in [1.54, 1.807) is 25.6 Å². The van der Waals surface area contributed by atoms with Gasteiger partial charge in [0, 0.05) is 6.20 Å². The standard InChI is InChI=1S/C27H29F2N3O4/c1-16-13-31(15-30-16)22-9-6-18(10-23(22)35-5)11-24-26(34)32(14-27(3,4)36-24)25(17(2)33)19-7-8-20(28)21(29)12-19/h6-13,15,17,25,33H,14H2,1-5H3/t17-,25+/m1/s1. The van der Waals surface area contributed by atoms with Gasteiger partial charge in [-0.25, -0.2) is 13.8 Å². The van der Waals surface area contributed by atoms with Gasteiger partial charge in [-0.15, -0.1) is 0 Å². The topological polar surface area (TPSA) is 76.8 Å². The summed E-state index contributed by atoms with van der Waals surface area (Å²) in [7, 11) is 1.56. The number of benzene rings is 2. The molecule has 1 saturated heterocycles. The highest BCUT2D eigenvalue weighted by molar-refractivity contribution is 5.97. The number of carbonyl (C=O) groups is 1. The van der Waals surface area contributed by atoms with Gasteiger partial charge in [0.15, 0.2) is 17.4 Å². The van der Waals surface area contributed by atoms with Gasteiger partial charge in [-0.2, -0.15) is 0 Å². The number of imidazole rings is 1. The van der Waals surface area contributed by atoms with Crippen LogP contribution in [0.5, 0.6) is 5.75 Å². The molecular formula is C27H29F2N3O4. The number of aromatic nitrogens is 2. The minimum atomic E-state index is -1.05. The number of aliphatic hydroxyl groups is 1. The second-order valence-electron chi connectivity index (χ2n) is 9.52. The highest BCUT2D eigenvalue weighted by Gasteiger charge is 2.42. The van der Waals surface area contributed by atoms with Crippen molar-refractivity contribution in [2.24, 2.45) is 0 Å². The van der Waals surface area contributed by atoms with Crippen LogP contribution in [0, 0.1) is 18.6 Å². The van der Waals surface area contributed by atoms with Gasteiger partial charge in [0.05, 0.1) is 43.5 Å². The van der Waals surface area contributed by atoms with E-state index in [0.29, 0.717) is 11.3 Å². The summed E-state index contributed by atoms with van der Waals surface area (Å²) < 4.78 is 41.0. The molecule has 7 nitrogen and oxygen atoms in total. The molecule has 0 saturated carbocycles. The van der Waals surface area contributed by atoms with Crippen molar-refractivity contribution in [3.8, 4) is 11.4 Å². The minimum absolute atomic E-state index is 0.0627. The van der Waals surface area contributed by atoms with Crippen LogP contribution in [-0.2, 0) is 9.53 Å². The predicted molar refractivity (Wildman–Crippen MR) is 130 cm³/mol. The van der Waals surface area contributed by atoms with E-state index in [9.17, 15) is 18.7 Å². The van der Waals surface area contributed by atoms with Crippen molar-refractivity contribution in [1.29, 1.82) is 0 Å². The molecule has 0 aliphatic carbocycles. The maximum Gasteiger partial charge on any atom is 0.289 e. The molecule has 36 heavy (non-hydrogen) atoms. The Hall–Kier alpha value is -3.72. The Balaban J connectivity index is 1.72. The Morgan fingerprint density at radius 1 is 1.19 bits per heavy atom. The Morgan fingerprint density at radius 2 is 1.94 bits per heavy atom. The molecule has 1 aliphatic rings. The zero-order valence-corrected chi connectivity index (χ0v) is 20.8. The van der Waals surface area contributed by atoms with Crippen molar-refractivity contribution < 1.29 is 28.2 Å². The van der Waals surface area contributed by atoms with E-state index in [-0.39, 0.29) is 17.9 Å². The van der Waals surface area contributed by atoms with Gasteiger partial charge in [-0.05, 0) is 69.2 Å². The second kappa shape index (κ2) is 9.73. The van der Waals surface area contributed by atoms with Crippen LogP contribution in [0.3, 0.4) is 0 Å². The molecule has 1 amide bonds. The van der Waals surface area contributed by atoms with Crippen LogP contribution in [0.15, 0.2) is 54.7 Å². The lowest BCUT2D eigenvalue weighted by Gasteiger charge is -2.44. The summed E-state index contributed by atoms with van der Waals surface area (Å²) in [6.07, 6.45) is 4.12. The van der Waals surface area contributed by atoms with Crippen molar-refractivity contribution in [3.63, 3.8) is 0 Å². The lowest BCUT2D eigenvalue weighted by Crippen LogP contribution is -2.53. The summed E-state index contributed by atoms with van der Waals surface area (Å²) in [5.74, 6) is -1.88. The van der Waals surface area contributed by atoms with Crippen LogP contribution >= 0.6 is 0 Å². The van der Waals surface area contributed by atoms with Gasteiger partial charge < -0.3 is 24.0 Å². The van der Waals surface area contributed by atoms with Crippen LogP contribution < -0.4 is 4.74 Å². The third-order valence-electron chi connectivity index (χ3n) is 5.98. The summed E-state index contributed by atoms with van der Waals surface area (Å²) >= 11 is 0. The molecule has 0 spiro atoms. The fourth-order valence-corrected chi connectivity index (χ4v) is 4.43. The van der Waals surface area contributed by atoms with Crippen LogP contribution in [-0.4, -0.2) is 50.8 Å². The molecule has 9 heteroatoms. The molecule has 1 aromatic heterocycles. The maximum atomic E-state index is 14.0. The predicted octanol–water partition coefficient (Wildman–Crippen LogP) is 4.57. The number of ether oxygens (including phenoxy) is 2. The first-order valence-electron chi connectivity index (χ1n) is 11.5. The zero-order valence-electron chi connectivity index (χ0n) is 20.8. The quantitative estimate of drug-likeness (QED) is 0.505. The largest absolute Gasteiger partial charge is 0.495 e. The molecule has 0 bridgehead atoms. The van der Waals surface area contributed by atoms with E-state index in [2.05, 4.69) is 4.98 Å². The molecule has 1 fully saturated rings. The summed E-state index contributed by atoms with van der Waals surface area (Å²) in [5, 5.41) is 10.6. The summed E-state index contributed by atoms with van der Waals surface area (Å²) in [6.45, 7) is 7.17. The number of hydrogen-bond acceptors (Lipinski definition) is 5. The van der Waals surface area contributed by atoms with Crippen molar-refractivity contribution in [1.82, 2.24) is 14.5 Å². The number of morpholine rings is 1. The molecule has 0 radical (unpaired) electrons. The molecular weight excluding hydrogens is 468 g/mol. The van der Waals surface area contributed by atoms with Gasteiger partial charge in [-0.3, -0.25) is 4.79 Å². The maximum absolute atomic E-state index is 14.0. The van der Waals surface area contributed by atoms with Crippen LogP contribution in [0.25, 0.3) is 11.8 Å². The molecule has 1 N–H and O–H groups in total.